The van der Waals surface area contributed by atoms with Gasteiger partial charge in [0.05, 0.1) is 25.0 Å². The average molecular weight is 1410 g/mol. The molecule has 99 heavy (non-hydrogen) atoms. The van der Waals surface area contributed by atoms with E-state index in [2.05, 4.69) is 68.5 Å². The fourth-order valence-electron chi connectivity index (χ4n) is 9.63. The molecule has 0 aromatic heterocycles. The number of carboxylic acid groups (broad SMARTS) is 2. The van der Waals surface area contributed by atoms with Crippen LogP contribution in [0.25, 0.3) is 0 Å². The number of aliphatic hydroxyl groups excluding tert-OH is 1. The van der Waals surface area contributed by atoms with Crippen molar-refractivity contribution in [2.24, 2.45) is 79.5 Å². The Kier molecular flexibility index (Phi) is 42.7. The van der Waals surface area contributed by atoms with E-state index in [1.807, 2.05) is 0 Å². The van der Waals surface area contributed by atoms with Crippen LogP contribution in [0.3, 0.4) is 0 Å². The van der Waals surface area contributed by atoms with Crippen molar-refractivity contribution in [2.45, 2.75) is 238 Å². The Morgan fingerprint density at radius 2 is 0.747 bits per heavy atom. The van der Waals surface area contributed by atoms with E-state index in [9.17, 15) is 82.4 Å². The molecule has 0 saturated heterocycles. The molecule has 38 heteroatoms. The monoisotopic (exact) mass is 1410 g/mol. The van der Waals surface area contributed by atoms with Crippen LogP contribution in [0.1, 0.15) is 159 Å². The minimum absolute atomic E-state index is 0.00704. The van der Waals surface area contributed by atoms with E-state index in [1.54, 1.807) is 34.6 Å². The molecule has 0 spiro atoms. The van der Waals surface area contributed by atoms with Crippen LogP contribution in [0.4, 0.5) is 0 Å². The number of nitrogens with zero attached hydrogens (tertiary/aromatic N) is 2. The standard InChI is InChI=1S/C61H113N21O17/c1-11-32(8)46(59(98)99)81-55(94)41(28-43(85)86)78-56(95)44(30(4)5)80-52(91)38(21-17-25-71-61(68)69)74-54(93)40(27-42(65)84)77-51(90)37(20-16-24-70-60(66)67)73-48(87)33(9)72-53(92)39(26-29(2)3)76-50(89)36(19-13-15-23-63)75-58(97)47(34(10)83)82-57(96)45(31(6)7)79-49(88)35(64)18-12-14-22-62/h29-41,44-47,83H,11-28,62-64H2,1-10H3,(H2,65,84)(H,72,92)(H,73,87)(H,74,93)(H,75,97)(H,76,89)(H,77,90)(H,78,95)(H,79,88)(H,80,91)(H,81,94)(H,82,96)(H,85,86)(H,98,99)(H4,66,67,70)(H4,68,69,71)/t32-,33-,34+,35-,36-,37-,38-,39-,40-,41-,44-,45-,46-,47-/m0/s1. The van der Waals surface area contributed by atoms with Crippen molar-refractivity contribution in [2.75, 3.05) is 26.2 Å². The third kappa shape index (κ3) is 35.9. The van der Waals surface area contributed by atoms with E-state index in [4.69, 9.17) is 45.9 Å². The van der Waals surface area contributed by atoms with Gasteiger partial charge < -0.3 is 120 Å². The van der Waals surface area contributed by atoms with Crippen LogP contribution in [-0.2, 0) is 67.1 Å². The van der Waals surface area contributed by atoms with E-state index in [0.717, 1.165) is 0 Å². The van der Waals surface area contributed by atoms with Gasteiger partial charge in [0.2, 0.25) is 70.9 Å². The van der Waals surface area contributed by atoms with Gasteiger partial charge in [0, 0.05) is 13.1 Å². The van der Waals surface area contributed by atoms with Crippen LogP contribution in [0.2, 0.25) is 0 Å². The molecule has 0 aromatic carbocycles. The summed E-state index contributed by atoms with van der Waals surface area (Å²) < 4.78 is 0. The molecule has 0 aliphatic rings. The lowest BCUT2D eigenvalue weighted by molar-refractivity contribution is -0.145. The lowest BCUT2D eigenvalue weighted by Crippen LogP contribution is -2.62. The molecule has 0 aromatic rings. The maximum Gasteiger partial charge on any atom is 0.326 e. The van der Waals surface area contributed by atoms with Crippen molar-refractivity contribution in [3.63, 3.8) is 0 Å². The molecule has 564 valence electrons. The molecule has 0 aliphatic carbocycles. The number of primary amides is 1. The third-order valence-corrected chi connectivity index (χ3v) is 15.5. The molecule has 14 atom stereocenters. The fourth-order valence-corrected chi connectivity index (χ4v) is 9.63. The highest BCUT2D eigenvalue weighted by Crippen LogP contribution is 2.14. The number of amides is 12. The minimum Gasteiger partial charge on any atom is -0.481 e. The summed E-state index contributed by atoms with van der Waals surface area (Å²) in [6.07, 6.45) is -1.62. The van der Waals surface area contributed by atoms with Crippen LogP contribution in [0.5, 0.6) is 0 Å². The summed E-state index contributed by atoms with van der Waals surface area (Å²) in [5.74, 6) is -17.8. The molecule has 0 saturated carbocycles. The molecular weight excluding hydrogens is 1300 g/mol. The normalized spacial score (nSPS) is 15.4. The van der Waals surface area contributed by atoms with Gasteiger partial charge in [0.15, 0.2) is 11.9 Å². The first kappa shape index (κ1) is 90.0. The van der Waals surface area contributed by atoms with Crippen LogP contribution in [0.15, 0.2) is 9.98 Å². The number of aliphatic imine (C=N–C) groups is 2. The van der Waals surface area contributed by atoms with Crippen molar-refractivity contribution < 1.29 is 82.4 Å². The van der Waals surface area contributed by atoms with Crippen molar-refractivity contribution in [3.05, 3.63) is 0 Å². The summed E-state index contributed by atoms with van der Waals surface area (Å²) in [6.45, 7) is 15.8. The molecule has 0 bridgehead atoms. The summed E-state index contributed by atoms with van der Waals surface area (Å²) in [5.41, 5.74) is 44.9. The van der Waals surface area contributed by atoms with Crippen LogP contribution >= 0.6 is 0 Å². The second-order valence-corrected chi connectivity index (χ2v) is 25.5. The van der Waals surface area contributed by atoms with Gasteiger partial charge in [-0.25, -0.2) is 4.79 Å². The molecular formula is C61H113N21O17. The van der Waals surface area contributed by atoms with Crippen LogP contribution in [0, 0.1) is 23.7 Å². The fraction of sp³-hybridized carbons (Fsp3) is 0.738. The number of nitrogens with one attached hydrogen (secondary N) is 11. The van der Waals surface area contributed by atoms with Gasteiger partial charge in [0.25, 0.3) is 0 Å². The maximum absolute atomic E-state index is 14.3. The quantitative estimate of drug-likeness (QED) is 0.0153. The van der Waals surface area contributed by atoms with Gasteiger partial charge in [-0.05, 0) is 115 Å². The summed E-state index contributed by atoms with van der Waals surface area (Å²) in [5, 5.41) is 57.2. The van der Waals surface area contributed by atoms with Gasteiger partial charge >= 0.3 is 11.9 Å². The Morgan fingerprint density at radius 3 is 1.18 bits per heavy atom. The number of guanidine groups is 2. The van der Waals surface area contributed by atoms with Gasteiger partial charge in [0.1, 0.15) is 66.5 Å². The molecule has 0 aliphatic heterocycles. The number of unbranched alkanes of at least 4 members (excludes halogenated alkanes) is 2. The molecule has 0 rings (SSSR count). The number of aliphatic hydroxyl groups is 1. The first-order valence-corrected chi connectivity index (χ1v) is 33.2. The number of hydrogen-bond donors (Lipinski definition) is 22. The van der Waals surface area contributed by atoms with Gasteiger partial charge in [-0.1, -0.05) is 68.2 Å². The van der Waals surface area contributed by atoms with Crippen LogP contribution < -0.4 is 104 Å². The summed E-state index contributed by atoms with van der Waals surface area (Å²) in [6, 6.07) is -18.1. The highest BCUT2D eigenvalue weighted by molar-refractivity contribution is 6.00. The van der Waals surface area contributed by atoms with Gasteiger partial charge in [-0.15, -0.1) is 0 Å². The molecule has 38 nitrogen and oxygen atoms in total. The SMILES string of the molecule is CC[C@H](C)[C@H](NC(=O)[C@H](CC(=O)O)NC(=O)[C@@H](NC(=O)[C@H](CCCN=C(N)N)NC(=O)[C@H](CC(N)=O)NC(=O)[C@H](CCCN=C(N)N)NC(=O)[C@H](C)NC(=O)[C@H](CC(C)C)NC(=O)[C@H](CCCCN)NC(=O)[C@@H](NC(=O)[C@@H](NC(=O)[C@@H](N)CCCCN)C(C)C)[C@@H](C)O)C(C)C)C(=O)O. The van der Waals surface area contributed by atoms with E-state index < -0.39 is 192 Å². The predicted molar refractivity (Wildman–Crippen MR) is 364 cm³/mol. The summed E-state index contributed by atoms with van der Waals surface area (Å²) in [4.78, 5) is 197. The molecule has 12 amide bonds. The van der Waals surface area contributed by atoms with Gasteiger partial charge in [-0.3, -0.25) is 72.3 Å². The lowest BCUT2D eigenvalue weighted by atomic mass is 9.98. The Balaban J connectivity index is 7.03. The highest BCUT2D eigenvalue weighted by Gasteiger charge is 2.39. The lowest BCUT2D eigenvalue weighted by Gasteiger charge is -2.29. The topological polar surface area (TPSA) is 665 Å². The van der Waals surface area contributed by atoms with E-state index in [-0.39, 0.29) is 82.4 Å². The average Bonchev–Trinajstić information content (AvgIpc) is 0.866. The number of aliphatic carboxylic acids is 2. The Morgan fingerprint density at radius 1 is 0.394 bits per heavy atom. The number of nitrogens with two attached hydrogens (primary N) is 8. The number of carbonyl (C=O) groups is 14. The first-order chi connectivity index (χ1) is 46.2. The number of rotatable bonds is 50. The summed E-state index contributed by atoms with van der Waals surface area (Å²) >= 11 is 0. The summed E-state index contributed by atoms with van der Waals surface area (Å²) in [7, 11) is 0. The molecule has 30 N–H and O–H groups in total. The van der Waals surface area contributed by atoms with Crippen molar-refractivity contribution in [1.29, 1.82) is 0 Å². The Labute approximate surface area is 577 Å². The number of hydrogen-bond acceptors (Lipinski definition) is 20. The zero-order chi connectivity index (χ0) is 76.0. The van der Waals surface area contributed by atoms with E-state index in [0.29, 0.717) is 38.6 Å². The zero-order valence-corrected chi connectivity index (χ0v) is 58.6. The smallest absolute Gasteiger partial charge is 0.326 e. The minimum atomic E-state index is -1.89. The van der Waals surface area contributed by atoms with Crippen molar-refractivity contribution in [1.82, 2.24) is 58.5 Å². The molecule has 0 radical (unpaired) electrons. The van der Waals surface area contributed by atoms with Gasteiger partial charge in [-0.2, -0.15) is 0 Å². The van der Waals surface area contributed by atoms with E-state index in [1.165, 1.54) is 34.6 Å². The third-order valence-electron chi connectivity index (χ3n) is 15.5. The zero-order valence-electron chi connectivity index (χ0n) is 58.6. The molecule has 0 unspecified atom stereocenters. The first-order valence-electron chi connectivity index (χ1n) is 33.2. The molecule has 0 heterocycles. The highest BCUT2D eigenvalue weighted by atomic mass is 16.4. The molecule has 0 fully saturated rings. The largest absolute Gasteiger partial charge is 0.481 e. The maximum atomic E-state index is 14.3. The number of carbonyl (C=O) groups excluding carboxylic acids is 12. The second-order valence-electron chi connectivity index (χ2n) is 25.5. The Bertz CT molecular complexity index is 2750. The predicted octanol–water partition coefficient (Wildman–Crippen LogP) is -6.75. The second kappa shape index (κ2) is 47.0. The van der Waals surface area contributed by atoms with Crippen molar-refractivity contribution in [3.8, 4) is 0 Å². The Hall–Kier alpha value is -9.04. The number of carboxylic acids is 2. The van der Waals surface area contributed by atoms with E-state index >= 15 is 0 Å². The van der Waals surface area contributed by atoms with Crippen LogP contribution in [-0.4, -0.2) is 215 Å². The van der Waals surface area contributed by atoms with Crippen molar-refractivity contribution >= 4 is 94.7 Å².